The SMILES string of the molecule is O=C(NCc1cscn1)C1CCCN1C(=O)c1cccc(C(F)(F)F)c1. The Balaban J connectivity index is 1.71. The first-order valence-electron chi connectivity index (χ1n) is 7.99. The van der Waals surface area contributed by atoms with Gasteiger partial charge in [0.15, 0.2) is 0 Å². The van der Waals surface area contributed by atoms with Gasteiger partial charge in [-0.2, -0.15) is 13.2 Å². The van der Waals surface area contributed by atoms with Crippen LogP contribution in [0.5, 0.6) is 0 Å². The number of alkyl halides is 3. The number of hydrogen-bond donors (Lipinski definition) is 1. The summed E-state index contributed by atoms with van der Waals surface area (Å²) in [5.41, 5.74) is 1.42. The normalized spacial score (nSPS) is 17.3. The molecule has 0 aliphatic carbocycles. The number of likely N-dealkylation sites (tertiary alicyclic amines) is 1. The third-order valence-electron chi connectivity index (χ3n) is 4.18. The molecule has 138 valence electrons. The fraction of sp³-hybridized carbons (Fsp3) is 0.353. The van der Waals surface area contributed by atoms with Gasteiger partial charge in [0.25, 0.3) is 5.91 Å². The lowest BCUT2D eigenvalue weighted by Crippen LogP contribution is -2.45. The van der Waals surface area contributed by atoms with Crippen LogP contribution in [-0.4, -0.2) is 34.3 Å². The van der Waals surface area contributed by atoms with Gasteiger partial charge in [0.2, 0.25) is 5.91 Å². The Hall–Kier alpha value is -2.42. The topological polar surface area (TPSA) is 62.3 Å². The number of carbonyl (C=O) groups excluding carboxylic acids is 2. The van der Waals surface area contributed by atoms with Crippen molar-refractivity contribution >= 4 is 23.2 Å². The summed E-state index contributed by atoms with van der Waals surface area (Å²) < 4.78 is 38.6. The zero-order valence-electron chi connectivity index (χ0n) is 13.6. The van der Waals surface area contributed by atoms with Crippen molar-refractivity contribution in [2.75, 3.05) is 6.54 Å². The van der Waals surface area contributed by atoms with Gasteiger partial charge >= 0.3 is 6.18 Å². The number of nitrogens with one attached hydrogen (secondary N) is 1. The average molecular weight is 383 g/mol. The van der Waals surface area contributed by atoms with Crippen molar-refractivity contribution in [2.45, 2.75) is 31.6 Å². The number of rotatable bonds is 4. The molecule has 26 heavy (non-hydrogen) atoms. The summed E-state index contributed by atoms with van der Waals surface area (Å²) in [6, 6.07) is 3.59. The molecule has 1 saturated heterocycles. The van der Waals surface area contributed by atoms with E-state index < -0.39 is 23.7 Å². The van der Waals surface area contributed by atoms with E-state index in [1.807, 2.05) is 0 Å². The molecule has 5 nitrogen and oxygen atoms in total. The minimum Gasteiger partial charge on any atom is -0.349 e. The van der Waals surface area contributed by atoms with Gasteiger partial charge in [-0.3, -0.25) is 9.59 Å². The van der Waals surface area contributed by atoms with Crippen molar-refractivity contribution in [1.82, 2.24) is 15.2 Å². The Kier molecular flexibility index (Phi) is 5.26. The molecule has 2 amide bonds. The van der Waals surface area contributed by atoms with E-state index in [1.54, 1.807) is 10.9 Å². The molecule has 0 radical (unpaired) electrons. The molecule has 1 aliphatic heterocycles. The number of hydrogen-bond acceptors (Lipinski definition) is 4. The quantitative estimate of drug-likeness (QED) is 0.883. The van der Waals surface area contributed by atoms with Crippen molar-refractivity contribution in [2.24, 2.45) is 0 Å². The summed E-state index contributed by atoms with van der Waals surface area (Å²) in [4.78, 5) is 30.5. The van der Waals surface area contributed by atoms with Crippen LogP contribution in [0, 0.1) is 0 Å². The molecule has 3 rings (SSSR count). The second-order valence-electron chi connectivity index (χ2n) is 5.93. The maximum absolute atomic E-state index is 12.9. The van der Waals surface area contributed by atoms with Gasteiger partial charge in [0.1, 0.15) is 6.04 Å². The summed E-state index contributed by atoms with van der Waals surface area (Å²) in [5, 5.41) is 4.54. The van der Waals surface area contributed by atoms with Crippen LogP contribution in [0.25, 0.3) is 0 Å². The highest BCUT2D eigenvalue weighted by Crippen LogP contribution is 2.30. The van der Waals surface area contributed by atoms with Gasteiger partial charge in [-0.25, -0.2) is 4.98 Å². The van der Waals surface area contributed by atoms with Crippen molar-refractivity contribution in [3.8, 4) is 0 Å². The molecule has 1 aromatic carbocycles. The largest absolute Gasteiger partial charge is 0.416 e. The monoisotopic (exact) mass is 383 g/mol. The zero-order chi connectivity index (χ0) is 18.7. The van der Waals surface area contributed by atoms with Gasteiger partial charge in [-0.1, -0.05) is 6.07 Å². The molecule has 1 atom stereocenters. The zero-order valence-corrected chi connectivity index (χ0v) is 14.4. The lowest BCUT2D eigenvalue weighted by Gasteiger charge is -2.24. The van der Waals surface area contributed by atoms with E-state index in [4.69, 9.17) is 0 Å². The van der Waals surface area contributed by atoms with Crippen LogP contribution in [0.2, 0.25) is 0 Å². The minimum absolute atomic E-state index is 0.0703. The van der Waals surface area contributed by atoms with Crippen LogP contribution >= 0.6 is 11.3 Å². The van der Waals surface area contributed by atoms with Crippen LogP contribution in [-0.2, 0) is 17.5 Å². The third-order valence-corrected chi connectivity index (χ3v) is 4.82. The maximum Gasteiger partial charge on any atom is 0.416 e. The molecule has 1 fully saturated rings. The average Bonchev–Trinajstić information content (AvgIpc) is 3.30. The summed E-state index contributed by atoms with van der Waals surface area (Å²) in [7, 11) is 0. The second-order valence-corrected chi connectivity index (χ2v) is 6.65. The predicted molar refractivity (Wildman–Crippen MR) is 89.5 cm³/mol. The van der Waals surface area contributed by atoms with Gasteiger partial charge in [-0.15, -0.1) is 11.3 Å². The van der Waals surface area contributed by atoms with E-state index in [0.29, 0.717) is 19.4 Å². The Morgan fingerprint density at radius 2 is 2.15 bits per heavy atom. The van der Waals surface area contributed by atoms with E-state index in [-0.39, 0.29) is 18.0 Å². The maximum atomic E-state index is 12.9. The molecular weight excluding hydrogens is 367 g/mol. The van der Waals surface area contributed by atoms with E-state index in [9.17, 15) is 22.8 Å². The molecule has 1 aromatic heterocycles. The lowest BCUT2D eigenvalue weighted by atomic mass is 10.1. The van der Waals surface area contributed by atoms with Crippen LogP contribution in [0.1, 0.15) is 34.5 Å². The number of thiazole rings is 1. The Labute approximate surface area is 151 Å². The smallest absolute Gasteiger partial charge is 0.349 e. The van der Waals surface area contributed by atoms with Gasteiger partial charge in [0.05, 0.1) is 23.3 Å². The number of halogens is 3. The summed E-state index contributed by atoms with van der Waals surface area (Å²) in [6.45, 7) is 0.592. The summed E-state index contributed by atoms with van der Waals surface area (Å²) >= 11 is 1.41. The molecule has 1 N–H and O–H groups in total. The Morgan fingerprint density at radius 1 is 1.35 bits per heavy atom. The fourth-order valence-electron chi connectivity index (χ4n) is 2.90. The van der Waals surface area contributed by atoms with Crippen molar-refractivity contribution in [3.05, 3.63) is 52.0 Å². The van der Waals surface area contributed by atoms with Crippen molar-refractivity contribution in [3.63, 3.8) is 0 Å². The lowest BCUT2D eigenvalue weighted by molar-refractivity contribution is -0.137. The Morgan fingerprint density at radius 3 is 2.85 bits per heavy atom. The first-order chi connectivity index (χ1) is 12.4. The number of aromatic nitrogens is 1. The molecule has 0 saturated carbocycles. The molecule has 2 heterocycles. The Bertz CT molecular complexity index is 793. The molecular formula is C17H16F3N3O2S. The molecule has 0 bridgehead atoms. The fourth-order valence-corrected chi connectivity index (χ4v) is 3.46. The van der Waals surface area contributed by atoms with E-state index in [0.717, 1.165) is 17.8 Å². The van der Waals surface area contributed by atoms with Crippen LogP contribution in [0.3, 0.4) is 0 Å². The molecule has 0 spiro atoms. The first kappa shape index (κ1) is 18.4. The first-order valence-corrected chi connectivity index (χ1v) is 8.93. The number of nitrogens with zero attached hydrogens (tertiary/aromatic N) is 2. The van der Waals surface area contributed by atoms with Crippen LogP contribution in [0.15, 0.2) is 35.2 Å². The number of amides is 2. The third kappa shape index (κ3) is 4.04. The number of carbonyl (C=O) groups is 2. The van der Waals surface area contributed by atoms with Crippen LogP contribution in [0.4, 0.5) is 13.2 Å². The highest BCUT2D eigenvalue weighted by Gasteiger charge is 2.36. The standard InChI is InChI=1S/C17H16F3N3O2S/c18-17(19,20)12-4-1-3-11(7-12)16(25)23-6-2-5-14(23)15(24)21-8-13-9-26-10-22-13/h1,3-4,7,9-10,14H,2,5-6,8H2,(H,21,24). The predicted octanol–water partition coefficient (Wildman–Crippen LogP) is 3.08. The van der Waals surface area contributed by atoms with E-state index >= 15 is 0 Å². The molecule has 2 aromatic rings. The summed E-state index contributed by atoms with van der Waals surface area (Å²) in [5.74, 6) is -0.891. The second kappa shape index (κ2) is 7.45. The minimum atomic E-state index is -4.52. The van der Waals surface area contributed by atoms with Crippen molar-refractivity contribution < 1.29 is 22.8 Å². The molecule has 1 unspecified atom stereocenters. The molecule has 9 heteroatoms. The van der Waals surface area contributed by atoms with Crippen molar-refractivity contribution in [1.29, 1.82) is 0 Å². The highest BCUT2D eigenvalue weighted by atomic mass is 32.1. The van der Waals surface area contributed by atoms with E-state index in [2.05, 4.69) is 10.3 Å². The number of benzene rings is 1. The van der Waals surface area contributed by atoms with Crippen LogP contribution < -0.4 is 5.32 Å². The van der Waals surface area contributed by atoms with Gasteiger partial charge < -0.3 is 10.2 Å². The van der Waals surface area contributed by atoms with E-state index in [1.165, 1.54) is 28.4 Å². The van der Waals surface area contributed by atoms with Gasteiger partial charge in [0, 0.05) is 17.5 Å². The summed E-state index contributed by atoms with van der Waals surface area (Å²) in [6.07, 6.45) is -3.42. The molecule has 1 aliphatic rings. The highest BCUT2D eigenvalue weighted by molar-refractivity contribution is 7.07. The van der Waals surface area contributed by atoms with Gasteiger partial charge in [-0.05, 0) is 31.0 Å².